The fraction of sp³-hybridized carbons (Fsp3) is 0.647. The fourth-order valence-electron chi connectivity index (χ4n) is 8.22. The second kappa shape index (κ2) is 12.4. The summed E-state index contributed by atoms with van der Waals surface area (Å²) in [4.78, 5) is 55.1. The number of carbonyl (C=O) groups is 4. The average Bonchev–Trinajstić information content (AvgIpc) is 2.98. The molecule has 0 spiro atoms. The quantitative estimate of drug-likeness (QED) is 0.168. The van der Waals surface area contributed by atoms with Crippen molar-refractivity contribution in [1.82, 2.24) is 0 Å². The van der Waals surface area contributed by atoms with Gasteiger partial charge < -0.3 is 39.0 Å². The molecule has 1 saturated heterocycles. The predicted molar refractivity (Wildman–Crippen MR) is 175 cm³/mol. The standard InChI is InChI=1S/C34H41Cl3O12/c1-16-19(39)14-33(44)26(47-27(42)18-11-9-8-10-12-18)24-31(7,25(41)23(40)22(16)29(33,3)4)20(13-21-32(24,15-45-21)48-17(2)38)46-28(43)49-30(5,6)34(35,36)37/h8-12,19-21,23-24,26,39-40,44H,13-15H2,1-7H3/t19?,20-,21+,23+,24-,26-,31+,32-,33+/m0/s1. The number of hydrogen-bond donors (Lipinski definition) is 3. The van der Waals surface area contributed by atoms with E-state index < -0.39 is 98.2 Å². The molecule has 4 aliphatic rings. The molecule has 0 aromatic heterocycles. The number of esters is 2. The van der Waals surface area contributed by atoms with E-state index >= 15 is 0 Å². The third kappa shape index (κ3) is 5.75. The summed E-state index contributed by atoms with van der Waals surface area (Å²) >= 11 is 18.1. The van der Waals surface area contributed by atoms with E-state index in [4.69, 9.17) is 58.5 Å². The zero-order valence-corrected chi connectivity index (χ0v) is 30.4. The van der Waals surface area contributed by atoms with E-state index in [0.717, 1.165) is 6.92 Å². The summed E-state index contributed by atoms with van der Waals surface area (Å²) in [5.74, 6) is -4.10. The Kier molecular flexibility index (Phi) is 9.53. The molecule has 0 amide bonds. The van der Waals surface area contributed by atoms with Gasteiger partial charge in [-0.15, -0.1) is 0 Å². The first-order valence-corrected chi connectivity index (χ1v) is 17.0. The molecule has 1 aliphatic heterocycles. The zero-order chi connectivity index (χ0) is 36.7. The van der Waals surface area contributed by atoms with Crippen molar-refractivity contribution >= 4 is 58.7 Å². The maximum absolute atomic E-state index is 15.0. The Morgan fingerprint density at radius 3 is 2.16 bits per heavy atom. The van der Waals surface area contributed by atoms with Crippen LogP contribution in [0, 0.1) is 16.7 Å². The van der Waals surface area contributed by atoms with Crippen molar-refractivity contribution in [3.05, 3.63) is 47.0 Å². The first-order valence-electron chi connectivity index (χ1n) is 15.8. The van der Waals surface area contributed by atoms with Crippen molar-refractivity contribution in [3.63, 3.8) is 0 Å². The highest BCUT2D eigenvalue weighted by atomic mass is 35.6. The third-order valence-electron chi connectivity index (χ3n) is 11.2. The van der Waals surface area contributed by atoms with Crippen molar-refractivity contribution in [2.24, 2.45) is 16.7 Å². The van der Waals surface area contributed by atoms with Gasteiger partial charge in [-0.05, 0) is 51.0 Å². The molecule has 12 nitrogen and oxygen atoms in total. The van der Waals surface area contributed by atoms with E-state index in [1.165, 1.54) is 39.8 Å². The lowest BCUT2D eigenvalue weighted by Crippen LogP contribution is -2.82. The van der Waals surface area contributed by atoms with Gasteiger partial charge in [0.05, 0.1) is 29.6 Å². The zero-order valence-electron chi connectivity index (χ0n) is 28.1. The van der Waals surface area contributed by atoms with Gasteiger partial charge in [0.1, 0.15) is 30.0 Å². The van der Waals surface area contributed by atoms with Crippen molar-refractivity contribution in [2.75, 3.05) is 6.61 Å². The molecule has 9 atom stereocenters. The summed E-state index contributed by atoms with van der Waals surface area (Å²) in [6.07, 6.45) is -9.60. The lowest BCUT2D eigenvalue weighted by molar-refractivity contribution is -0.346. The first kappa shape index (κ1) is 37.8. The number of rotatable bonds is 5. The normalized spacial score (nSPS) is 37.0. The molecule has 1 heterocycles. The maximum atomic E-state index is 15.0. The number of ketones is 1. The van der Waals surface area contributed by atoms with Crippen LogP contribution in [0.1, 0.15) is 71.7 Å². The number of halogens is 3. The second-order valence-corrected chi connectivity index (χ2v) is 16.9. The van der Waals surface area contributed by atoms with Crippen LogP contribution in [0.4, 0.5) is 4.79 Å². The molecular formula is C34H41Cl3O12. The highest BCUT2D eigenvalue weighted by molar-refractivity contribution is 6.68. The summed E-state index contributed by atoms with van der Waals surface area (Å²) < 4.78 is 27.2. The van der Waals surface area contributed by atoms with Crippen LogP contribution >= 0.6 is 34.8 Å². The largest absolute Gasteiger partial charge is 0.509 e. The van der Waals surface area contributed by atoms with Crippen LogP contribution in [0.5, 0.6) is 0 Å². The molecule has 3 fully saturated rings. The number of ether oxygens (including phenoxy) is 5. The van der Waals surface area contributed by atoms with Crippen molar-refractivity contribution in [2.45, 2.75) is 112 Å². The van der Waals surface area contributed by atoms with E-state index in [1.54, 1.807) is 32.0 Å². The Morgan fingerprint density at radius 2 is 1.63 bits per heavy atom. The van der Waals surface area contributed by atoms with Gasteiger partial charge in [-0.2, -0.15) is 0 Å². The highest BCUT2D eigenvalue weighted by Gasteiger charge is 2.78. The molecular weight excluding hydrogens is 707 g/mol. The van der Waals surface area contributed by atoms with Gasteiger partial charge in [0.15, 0.2) is 17.0 Å². The van der Waals surface area contributed by atoms with E-state index in [-0.39, 0.29) is 29.7 Å². The highest BCUT2D eigenvalue weighted by Crippen LogP contribution is 2.64. The van der Waals surface area contributed by atoms with E-state index in [0.29, 0.717) is 0 Å². The topological polar surface area (TPSA) is 175 Å². The van der Waals surface area contributed by atoms with Crippen molar-refractivity contribution in [3.8, 4) is 0 Å². The smallest absolute Gasteiger partial charge is 0.455 e. The number of aliphatic hydroxyl groups is 3. The van der Waals surface area contributed by atoms with Crippen molar-refractivity contribution < 1.29 is 58.2 Å². The summed E-state index contributed by atoms with van der Waals surface area (Å²) in [7, 11) is 0. The van der Waals surface area contributed by atoms with Gasteiger partial charge in [0.25, 0.3) is 0 Å². The SMILES string of the molecule is CC(=O)O[C@@]12CO[C@@H]1C[C@H](OC(=O)OC(C)(C)C(Cl)(Cl)Cl)[C@@]1(C)C(=O)[C@H](O)C3=C(C)C(O)C[C@@](O)([C@@H](OC(=O)c4ccccc4)[C@H]21)C3(C)C. The van der Waals surface area contributed by atoms with E-state index in [2.05, 4.69) is 0 Å². The van der Waals surface area contributed by atoms with Crippen LogP contribution in [-0.2, 0) is 33.3 Å². The van der Waals surface area contributed by atoms with Gasteiger partial charge in [-0.1, -0.05) is 66.8 Å². The van der Waals surface area contributed by atoms with Gasteiger partial charge in [0, 0.05) is 25.2 Å². The van der Waals surface area contributed by atoms with Gasteiger partial charge >= 0.3 is 18.1 Å². The Balaban J connectivity index is 1.77. The predicted octanol–water partition coefficient (Wildman–Crippen LogP) is 4.39. The Morgan fingerprint density at radius 1 is 1.02 bits per heavy atom. The number of carbonyl (C=O) groups excluding carboxylic acids is 4. The monoisotopic (exact) mass is 746 g/mol. The number of benzene rings is 1. The molecule has 270 valence electrons. The van der Waals surface area contributed by atoms with Gasteiger partial charge in [-0.3, -0.25) is 9.59 Å². The molecule has 3 aliphatic carbocycles. The molecule has 3 N–H and O–H groups in total. The molecule has 5 rings (SSSR count). The molecule has 49 heavy (non-hydrogen) atoms. The molecule has 2 saturated carbocycles. The Labute approximate surface area is 298 Å². The molecule has 0 radical (unpaired) electrons. The van der Waals surface area contributed by atoms with Crippen LogP contribution < -0.4 is 0 Å². The lowest BCUT2D eigenvalue weighted by atomic mass is 9.44. The number of aliphatic hydroxyl groups excluding tert-OH is 2. The average molecular weight is 748 g/mol. The molecule has 1 aromatic carbocycles. The number of alkyl halides is 3. The van der Waals surface area contributed by atoms with Crippen LogP contribution in [0.25, 0.3) is 0 Å². The Bertz CT molecular complexity index is 1570. The van der Waals surface area contributed by atoms with Crippen molar-refractivity contribution in [1.29, 1.82) is 0 Å². The Hall–Kier alpha value is -2.45. The maximum Gasteiger partial charge on any atom is 0.509 e. The lowest BCUT2D eigenvalue weighted by Gasteiger charge is -2.67. The second-order valence-electron chi connectivity index (χ2n) is 14.6. The van der Waals surface area contributed by atoms with E-state index in [9.17, 15) is 34.5 Å². The summed E-state index contributed by atoms with van der Waals surface area (Å²) in [5, 5.41) is 36.2. The van der Waals surface area contributed by atoms with Crippen LogP contribution in [0.2, 0.25) is 0 Å². The minimum atomic E-state index is -2.22. The minimum Gasteiger partial charge on any atom is -0.455 e. The van der Waals surface area contributed by atoms with Crippen LogP contribution in [0.15, 0.2) is 41.5 Å². The number of fused-ring (bicyclic) bond motifs is 5. The fourth-order valence-corrected chi connectivity index (χ4v) is 8.33. The first-order chi connectivity index (χ1) is 22.5. The van der Waals surface area contributed by atoms with Gasteiger partial charge in [-0.25, -0.2) is 9.59 Å². The number of Topliss-reactive ketones (excluding diaryl/α,β-unsaturated/α-hetero) is 1. The van der Waals surface area contributed by atoms with E-state index in [1.807, 2.05) is 0 Å². The summed E-state index contributed by atoms with van der Waals surface area (Å²) in [6, 6.07) is 7.89. The molecule has 1 aromatic rings. The summed E-state index contributed by atoms with van der Waals surface area (Å²) in [5.41, 5.74) is -8.91. The minimum absolute atomic E-state index is 0.00590. The van der Waals surface area contributed by atoms with Crippen LogP contribution in [0.3, 0.4) is 0 Å². The number of hydrogen-bond acceptors (Lipinski definition) is 12. The molecule has 2 bridgehead atoms. The molecule has 15 heteroatoms. The van der Waals surface area contributed by atoms with Gasteiger partial charge in [0.2, 0.25) is 3.79 Å². The summed E-state index contributed by atoms with van der Waals surface area (Å²) in [6.45, 7) is 9.57. The molecule has 1 unspecified atom stereocenters. The third-order valence-corrected chi connectivity index (χ3v) is 12.5. The van der Waals surface area contributed by atoms with Crippen LogP contribution in [-0.4, -0.2) is 96.9 Å².